The quantitative estimate of drug-likeness (QED) is 0.801. The molecule has 1 atom stereocenters. The Kier molecular flexibility index (Phi) is 6.17. The zero-order valence-corrected chi connectivity index (χ0v) is 14.6. The van der Waals surface area contributed by atoms with Crippen LogP contribution in [-0.4, -0.2) is 32.2 Å². The molecule has 0 unspecified atom stereocenters. The number of hydrogen-bond acceptors (Lipinski definition) is 6. The minimum atomic E-state index is -0.835. The Morgan fingerprint density at radius 2 is 1.88 bits per heavy atom. The summed E-state index contributed by atoms with van der Waals surface area (Å²) in [5.41, 5.74) is 1.25. The fourth-order valence-corrected chi connectivity index (χ4v) is 2.16. The van der Waals surface area contributed by atoms with Gasteiger partial charge in [0, 0.05) is 5.69 Å². The maximum absolute atomic E-state index is 12.3. The summed E-state index contributed by atoms with van der Waals surface area (Å²) in [5.74, 6) is -0.273. The van der Waals surface area contributed by atoms with Gasteiger partial charge in [0.1, 0.15) is 0 Å². The smallest absolute Gasteiger partial charge is 0.337 e. The van der Waals surface area contributed by atoms with E-state index in [0.29, 0.717) is 28.3 Å². The predicted molar refractivity (Wildman–Crippen MR) is 94.2 cm³/mol. The molecule has 2 aromatic rings. The average molecular weight is 354 g/mol. The first-order valence-electron chi connectivity index (χ1n) is 7.72. The lowest BCUT2D eigenvalue weighted by Crippen LogP contribution is -2.30. The van der Waals surface area contributed by atoms with Crippen LogP contribution >= 0.6 is 0 Å². The fourth-order valence-electron chi connectivity index (χ4n) is 2.16. The standard InChI is InChI=1S/C19H18N2O5/c1-12(18(22)21-15-6-4-5-13(9-15)11-20)26-16-8-7-14(19(23)25-3)10-17(16)24-2/h4-10,12H,1-3H3,(H,21,22)/t12-/m0/s1. The zero-order valence-electron chi connectivity index (χ0n) is 14.6. The number of carbonyl (C=O) groups is 2. The lowest BCUT2D eigenvalue weighted by molar-refractivity contribution is -0.122. The Bertz CT molecular complexity index is 857. The highest BCUT2D eigenvalue weighted by Crippen LogP contribution is 2.29. The molecule has 1 amide bonds. The van der Waals surface area contributed by atoms with E-state index in [2.05, 4.69) is 10.1 Å². The Balaban J connectivity index is 2.10. The van der Waals surface area contributed by atoms with Gasteiger partial charge in [0.05, 0.1) is 31.4 Å². The van der Waals surface area contributed by atoms with Gasteiger partial charge >= 0.3 is 5.97 Å². The number of nitrogens with zero attached hydrogens (tertiary/aromatic N) is 1. The fraction of sp³-hybridized carbons (Fsp3) is 0.211. The SMILES string of the molecule is COC(=O)c1ccc(O[C@@H](C)C(=O)Nc2cccc(C#N)c2)c(OC)c1. The van der Waals surface area contributed by atoms with Gasteiger partial charge in [0.2, 0.25) is 0 Å². The van der Waals surface area contributed by atoms with Crippen molar-refractivity contribution in [3.05, 3.63) is 53.6 Å². The number of carbonyl (C=O) groups excluding carboxylic acids is 2. The third kappa shape index (κ3) is 4.51. The normalized spacial score (nSPS) is 11.0. The van der Waals surface area contributed by atoms with Crippen LogP contribution in [0.4, 0.5) is 5.69 Å². The minimum Gasteiger partial charge on any atom is -0.493 e. The molecule has 2 aromatic carbocycles. The van der Waals surface area contributed by atoms with Crippen molar-refractivity contribution < 1.29 is 23.8 Å². The van der Waals surface area contributed by atoms with Gasteiger partial charge in [0.25, 0.3) is 5.91 Å². The highest BCUT2D eigenvalue weighted by molar-refractivity contribution is 5.94. The van der Waals surface area contributed by atoms with E-state index in [-0.39, 0.29) is 5.91 Å². The third-order valence-electron chi connectivity index (χ3n) is 3.52. The van der Waals surface area contributed by atoms with Crippen LogP contribution in [0.25, 0.3) is 0 Å². The van der Waals surface area contributed by atoms with Crippen molar-refractivity contribution in [2.75, 3.05) is 19.5 Å². The second-order valence-electron chi connectivity index (χ2n) is 5.30. The molecule has 2 rings (SSSR count). The zero-order chi connectivity index (χ0) is 19.1. The van der Waals surface area contributed by atoms with Gasteiger partial charge in [-0.25, -0.2) is 4.79 Å². The summed E-state index contributed by atoms with van der Waals surface area (Å²) in [7, 11) is 2.72. The van der Waals surface area contributed by atoms with Crippen LogP contribution in [0.3, 0.4) is 0 Å². The number of anilines is 1. The van der Waals surface area contributed by atoms with Crippen LogP contribution in [-0.2, 0) is 9.53 Å². The first kappa shape index (κ1) is 18.8. The number of ether oxygens (including phenoxy) is 3. The summed E-state index contributed by atoms with van der Waals surface area (Å²) < 4.78 is 15.5. The molecular formula is C19H18N2O5. The molecule has 0 saturated heterocycles. The third-order valence-corrected chi connectivity index (χ3v) is 3.52. The Morgan fingerprint density at radius 3 is 2.54 bits per heavy atom. The van der Waals surface area contributed by atoms with E-state index < -0.39 is 12.1 Å². The van der Waals surface area contributed by atoms with Crippen LogP contribution in [0.2, 0.25) is 0 Å². The Labute approximate surface area is 151 Å². The van der Waals surface area contributed by atoms with E-state index in [4.69, 9.17) is 14.7 Å². The van der Waals surface area contributed by atoms with Crippen LogP contribution in [0, 0.1) is 11.3 Å². The van der Waals surface area contributed by atoms with Gasteiger partial charge < -0.3 is 19.5 Å². The first-order valence-corrected chi connectivity index (χ1v) is 7.72. The number of benzene rings is 2. The molecule has 7 nitrogen and oxygen atoms in total. The molecule has 0 aliphatic heterocycles. The van der Waals surface area contributed by atoms with Crippen molar-refractivity contribution in [1.29, 1.82) is 5.26 Å². The second-order valence-corrected chi connectivity index (χ2v) is 5.30. The molecule has 0 aromatic heterocycles. The molecule has 0 aliphatic carbocycles. The number of nitriles is 1. The number of hydrogen-bond donors (Lipinski definition) is 1. The van der Waals surface area contributed by atoms with Crippen LogP contribution in [0.1, 0.15) is 22.8 Å². The molecule has 0 saturated carbocycles. The lowest BCUT2D eigenvalue weighted by Gasteiger charge is -2.17. The molecule has 26 heavy (non-hydrogen) atoms. The van der Waals surface area contributed by atoms with Gasteiger partial charge in [0.15, 0.2) is 17.6 Å². The van der Waals surface area contributed by atoms with Crippen molar-refractivity contribution in [3.63, 3.8) is 0 Å². The van der Waals surface area contributed by atoms with Crippen LogP contribution < -0.4 is 14.8 Å². The molecule has 0 aliphatic rings. The van der Waals surface area contributed by atoms with Gasteiger partial charge in [-0.05, 0) is 43.3 Å². The topological polar surface area (TPSA) is 97.6 Å². The molecule has 134 valence electrons. The summed E-state index contributed by atoms with van der Waals surface area (Å²) in [6.07, 6.45) is -0.835. The largest absolute Gasteiger partial charge is 0.493 e. The minimum absolute atomic E-state index is 0.305. The van der Waals surface area contributed by atoms with E-state index in [1.54, 1.807) is 31.2 Å². The maximum atomic E-state index is 12.3. The summed E-state index contributed by atoms with van der Waals surface area (Å²) >= 11 is 0. The summed E-state index contributed by atoms with van der Waals surface area (Å²) in [5, 5.41) is 11.6. The lowest BCUT2D eigenvalue weighted by atomic mass is 10.2. The number of nitrogens with one attached hydrogen (secondary N) is 1. The van der Waals surface area contributed by atoms with Crippen LogP contribution in [0.15, 0.2) is 42.5 Å². The summed E-state index contributed by atoms with van der Waals surface area (Å²) in [6, 6.07) is 13.1. The molecule has 7 heteroatoms. The molecule has 0 spiro atoms. The molecule has 0 fully saturated rings. The molecule has 0 radical (unpaired) electrons. The highest BCUT2D eigenvalue weighted by atomic mass is 16.5. The molecule has 1 N–H and O–H groups in total. The van der Waals surface area contributed by atoms with Crippen molar-refractivity contribution in [1.82, 2.24) is 0 Å². The van der Waals surface area contributed by atoms with Gasteiger partial charge in [-0.15, -0.1) is 0 Å². The highest BCUT2D eigenvalue weighted by Gasteiger charge is 2.18. The van der Waals surface area contributed by atoms with Crippen molar-refractivity contribution in [2.45, 2.75) is 13.0 Å². The second kappa shape index (κ2) is 8.53. The van der Waals surface area contributed by atoms with Crippen LogP contribution in [0.5, 0.6) is 11.5 Å². The number of rotatable bonds is 6. The van der Waals surface area contributed by atoms with Crippen molar-refractivity contribution in [3.8, 4) is 17.6 Å². The molecule has 0 heterocycles. The monoisotopic (exact) mass is 354 g/mol. The first-order chi connectivity index (χ1) is 12.5. The molecule has 0 bridgehead atoms. The summed E-state index contributed by atoms with van der Waals surface area (Å²) in [4.78, 5) is 23.9. The van der Waals surface area contributed by atoms with Gasteiger partial charge in [-0.2, -0.15) is 5.26 Å². The van der Waals surface area contributed by atoms with E-state index in [1.165, 1.54) is 32.4 Å². The van der Waals surface area contributed by atoms with Crippen molar-refractivity contribution in [2.24, 2.45) is 0 Å². The summed E-state index contributed by atoms with van der Waals surface area (Å²) in [6.45, 7) is 1.58. The average Bonchev–Trinajstić information content (AvgIpc) is 2.67. The Morgan fingerprint density at radius 1 is 1.12 bits per heavy atom. The molecular weight excluding hydrogens is 336 g/mol. The van der Waals surface area contributed by atoms with E-state index >= 15 is 0 Å². The van der Waals surface area contributed by atoms with Crippen molar-refractivity contribution >= 4 is 17.6 Å². The number of methoxy groups -OCH3 is 2. The van der Waals surface area contributed by atoms with E-state index in [9.17, 15) is 9.59 Å². The Hall–Kier alpha value is -3.53. The maximum Gasteiger partial charge on any atom is 0.337 e. The van der Waals surface area contributed by atoms with E-state index in [1.807, 2.05) is 6.07 Å². The van der Waals surface area contributed by atoms with Gasteiger partial charge in [-0.1, -0.05) is 6.07 Å². The predicted octanol–water partition coefficient (Wildman–Crippen LogP) is 2.76. The van der Waals surface area contributed by atoms with E-state index in [0.717, 1.165) is 0 Å². The number of esters is 1. The number of amides is 1. The van der Waals surface area contributed by atoms with Gasteiger partial charge in [-0.3, -0.25) is 4.79 Å².